The molecule has 1 unspecified atom stereocenters. The van der Waals surface area contributed by atoms with Gasteiger partial charge >= 0.3 is 5.97 Å². The molecule has 0 heterocycles. The lowest BCUT2D eigenvalue weighted by atomic mass is 10.2. The normalized spacial score (nSPS) is 13.2. The number of benzene rings is 1. The molecule has 0 radical (unpaired) electrons. The molecule has 0 aliphatic heterocycles. The fourth-order valence-electron chi connectivity index (χ4n) is 1.24. The van der Waals surface area contributed by atoms with Crippen molar-refractivity contribution in [3.63, 3.8) is 0 Å². The molecule has 0 aromatic heterocycles. The van der Waals surface area contributed by atoms with Gasteiger partial charge in [0, 0.05) is 5.02 Å². The second kappa shape index (κ2) is 6.21. The van der Waals surface area contributed by atoms with E-state index in [0.717, 1.165) is 0 Å². The zero-order valence-electron chi connectivity index (χ0n) is 11.2. The Labute approximate surface area is 113 Å². The summed E-state index contributed by atoms with van der Waals surface area (Å²) in [5, 5.41) is 0.593. The zero-order valence-corrected chi connectivity index (χ0v) is 12.0. The lowest BCUT2D eigenvalue weighted by Gasteiger charge is -2.22. The maximum atomic E-state index is 11.8. The summed E-state index contributed by atoms with van der Waals surface area (Å²) in [6, 6.07) is 6.60. The summed E-state index contributed by atoms with van der Waals surface area (Å²) in [6.45, 7) is 8.06. The molecule has 1 aromatic carbocycles. The molecule has 0 saturated carbocycles. The second-order valence-corrected chi connectivity index (χ2v) is 5.58. The van der Waals surface area contributed by atoms with Crippen LogP contribution in [0.2, 0.25) is 5.02 Å². The maximum absolute atomic E-state index is 11.8. The summed E-state index contributed by atoms with van der Waals surface area (Å²) in [6.07, 6.45) is -0.285. The van der Waals surface area contributed by atoms with Gasteiger partial charge in [-0.15, -0.1) is 0 Å². The van der Waals surface area contributed by atoms with Crippen LogP contribution in [0.1, 0.15) is 38.1 Å². The molecule has 0 aliphatic carbocycles. The third-order valence-corrected chi connectivity index (χ3v) is 2.39. The van der Waals surface area contributed by atoms with E-state index in [9.17, 15) is 4.79 Å². The topological polar surface area (TPSA) is 35.5 Å². The summed E-state index contributed by atoms with van der Waals surface area (Å²) in [4.78, 5) is 11.8. The minimum absolute atomic E-state index is 0.235. The number of rotatable bonds is 4. The van der Waals surface area contributed by atoms with Crippen LogP contribution in [-0.4, -0.2) is 24.3 Å². The number of halogens is 1. The van der Waals surface area contributed by atoms with Crippen LogP contribution in [0.5, 0.6) is 0 Å². The highest BCUT2D eigenvalue weighted by Gasteiger charge is 2.16. The van der Waals surface area contributed by atoms with E-state index in [-0.39, 0.29) is 17.7 Å². The molecule has 0 spiro atoms. The Hall–Kier alpha value is -1.06. The van der Waals surface area contributed by atoms with Crippen LogP contribution >= 0.6 is 11.6 Å². The van der Waals surface area contributed by atoms with Crippen LogP contribution in [-0.2, 0) is 9.47 Å². The minimum atomic E-state index is -0.364. The number of hydrogen-bond acceptors (Lipinski definition) is 3. The van der Waals surface area contributed by atoms with E-state index < -0.39 is 0 Å². The van der Waals surface area contributed by atoms with Crippen molar-refractivity contribution in [2.75, 3.05) is 6.61 Å². The number of hydrogen-bond donors (Lipinski definition) is 0. The Morgan fingerprint density at radius 3 is 2.33 bits per heavy atom. The Balaban J connectivity index is 2.47. The summed E-state index contributed by atoms with van der Waals surface area (Å²) in [5.74, 6) is -0.364. The van der Waals surface area contributed by atoms with E-state index in [0.29, 0.717) is 17.2 Å². The van der Waals surface area contributed by atoms with Crippen LogP contribution in [0.4, 0.5) is 0 Å². The van der Waals surface area contributed by atoms with E-state index in [1.807, 2.05) is 20.8 Å². The summed E-state index contributed by atoms with van der Waals surface area (Å²) in [5.41, 5.74) is 0.253. The van der Waals surface area contributed by atoms with Gasteiger partial charge in [0.2, 0.25) is 0 Å². The molecule has 0 bridgehead atoms. The Bertz CT molecular complexity index is 392. The largest absolute Gasteiger partial charge is 0.457 e. The van der Waals surface area contributed by atoms with Gasteiger partial charge in [-0.3, -0.25) is 0 Å². The fraction of sp³-hybridized carbons (Fsp3) is 0.500. The van der Waals surface area contributed by atoms with E-state index >= 15 is 0 Å². The monoisotopic (exact) mass is 270 g/mol. The highest BCUT2D eigenvalue weighted by Crippen LogP contribution is 2.12. The van der Waals surface area contributed by atoms with Crippen molar-refractivity contribution in [2.24, 2.45) is 0 Å². The molecule has 100 valence electrons. The highest BCUT2D eigenvalue weighted by molar-refractivity contribution is 6.30. The first kappa shape index (κ1) is 15.0. The summed E-state index contributed by atoms with van der Waals surface area (Å²) in [7, 11) is 0. The maximum Gasteiger partial charge on any atom is 0.338 e. The van der Waals surface area contributed by atoms with Gasteiger partial charge in [-0.2, -0.15) is 0 Å². The average Bonchev–Trinajstić information content (AvgIpc) is 2.26. The van der Waals surface area contributed by atoms with Gasteiger partial charge in [0.1, 0.15) is 6.10 Å². The lowest BCUT2D eigenvalue weighted by Crippen LogP contribution is -2.27. The van der Waals surface area contributed by atoms with Gasteiger partial charge in [0.15, 0.2) is 0 Å². The Morgan fingerprint density at radius 1 is 1.28 bits per heavy atom. The second-order valence-electron chi connectivity index (χ2n) is 5.15. The molecule has 1 aromatic rings. The first-order valence-corrected chi connectivity index (χ1v) is 6.26. The van der Waals surface area contributed by atoms with E-state index in [1.165, 1.54) is 0 Å². The summed E-state index contributed by atoms with van der Waals surface area (Å²) < 4.78 is 10.8. The van der Waals surface area contributed by atoms with Crippen LogP contribution in [0, 0.1) is 0 Å². The molecule has 0 saturated heterocycles. The number of carbonyl (C=O) groups excluding carboxylic acids is 1. The van der Waals surface area contributed by atoms with Crippen LogP contribution in [0.3, 0.4) is 0 Å². The van der Waals surface area contributed by atoms with Gasteiger partial charge in [0.25, 0.3) is 0 Å². The molecule has 0 N–H and O–H groups in total. The summed E-state index contributed by atoms with van der Waals surface area (Å²) >= 11 is 5.75. The highest BCUT2D eigenvalue weighted by atomic mass is 35.5. The quantitative estimate of drug-likeness (QED) is 0.783. The molecule has 1 atom stereocenters. The Kier molecular flexibility index (Phi) is 5.17. The van der Waals surface area contributed by atoms with Crippen LogP contribution in [0.25, 0.3) is 0 Å². The Morgan fingerprint density at radius 2 is 1.83 bits per heavy atom. The van der Waals surface area contributed by atoms with E-state index in [4.69, 9.17) is 21.1 Å². The van der Waals surface area contributed by atoms with Crippen molar-refractivity contribution >= 4 is 17.6 Å². The number of ether oxygens (including phenoxy) is 2. The van der Waals surface area contributed by atoms with E-state index in [1.54, 1.807) is 31.2 Å². The van der Waals surface area contributed by atoms with Crippen molar-refractivity contribution in [3.05, 3.63) is 34.9 Å². The molecule has 18 heavy (non-hydrogen) atoms. The van der Waals surface area contributed by atoms with Crippen LogP contribution < -0.4 is 0 Å². The molecule has 0 amide bonds. The van der Waals surface area contributed by atoms with Crippen molar-refractivity contribution in [3.8, 4) is 0 Å². The van der Waals surface area contributed by atoms with Gasteiger partial charge in [-0.25, -0.2) is 4.79 Å². The lowest BCUT2D eigenvalue weighted by molar-refractivity contribution is -0.0531. The van der Waals surface area contributed by atoms with Gasteiger partial charge in [-0.1, -0.05) is 11.6 Å². The predicted molar refractivity (Wildman–Crippen MR) is 72.0 cm³/mol. The fourth-order valence-corrected chi connectivity index (χ4v) is 1.36. The SMILES string of the molecule is CC(COC(C)(C)C)OC(=O)c1ccc(Cl)cc1. The van der Waals surface area contributed by atoms with Crippen molar-refractivity contribution < 1.29 is 14.3 Å². The first-order chi connectivity index (χ1) is 8.28. The first-order valence-electron chi connectivity index (χ1n) is 5.88. The van der Waals surface area contributed by atoms with Crippen molar-refractivity contribution in [1.29, 1.82) is 0 Å². The molecule has 3 nitrogen and oxygen atoms in total. The van der Waals surface area contributed by atoms with Gasteiger partial charge in [0.05, 0.1) is 17.8 Å². The average molecular weight is 271 g/mol. The third kappa shape index (κ3) is 5.52. The zero-order chi connectivity index (χ0) is 13.8. The van der Waals surface area contributed by atoms with Crippen LogP contribution in [0.15, 0.2) is 24.3 Å². The van der Waals surface area contributed by atoms with Gasteiger partial charge < -0.3 is 9.47 Å². The molecule has 4 heteroatoms. The number of esters is 1. The standard InChI is InChI=1S/C14H19ClO3/c1-10(9-17-14(2,3)4)18-13(16)11-5-7-12(15)8-6-11/h5-8,10H,9H2,1-4H3. The molecule has 1 rings (SSSR count). The van der Waals surface area contributed by atoms with Gasteiger partial charge in [-0.05, 0) is 52.0 Å². The smallest absolute Gasteiger partial charge is 0.338 e. The predicted octanol–water partition coefficient (Wildman–Crippen LogP) is 3.70. The van der Waals surface area contributed by atoms with E-state index in [2.05, 4.69) is 0 Å². The molecule has 0 fully saturated rings. The molecule has 0 aliphatic rings. The molecular formula is C14H19ClO3. The number of carbonyl (C=O) groups is 1. The third-order valence-electron chi connectivity index (χ3n) is 2.14. The van der Waals surface area contributed by atoms with Crippen molar-refractivity contribution in [2.45, 2.75) is 39.4 Å². The van der Waals surface area contributed by atoms with Crippen molar-refractivity contribution in [1.82, 2.24) is 0 Å². The minimum Gasteiger partial charge on any atom is -0.457 e. The molecular weight excluding hydrogens is 252 g/mol.